The number of methoxy groups -OCH3 is 1. The van der Waals surface area contributed by atoms with Gasteiger partial charge in [-0.15, -0.1) is 0 Å². The summed E-state index contributed by atoms with van der Waals surface area (Å²) < 4.78 is 5.21. The summed E-state index contributed by atoms with van der Waals surface area (Å²) in [6.45, 7) is 3.38. The Morgan fingerprint density at radius 2 is 1.76 bits per heavy atom. The van der Waals surface area contributed by atoms with Crippen LogP contribution in [0.5, 0.6) is 0 Å². The highest BCUT2D eigenvalue weighted by Gasteiger charge is 2.49. The second kappa shape index (κ2) is 9.32. The first-order valence-electron chi connectivity index (χ1n) is 12.1. The van der Waals surface area contributed by atoms with Gasteiger partial charge in [0.2, 0.25) is 5.91 Å². The molecule has 2 fully saturated rings. The molecule has 0 radical (unpaired) electrons. The van der Waals surface area contributed by atoms with Crippen molar-refractivity contribution in [3.63, 3.8) is 0 Å². The van der Waals surface area contributed by atoms with Crippen LogP contribution in [0.1, 0.15) is 43.4 Å². The second-order valence-corrected chi connectivity index (χ2v) is 10.1. The van der Waals surface area contributed by atoms with E-state index in [9.17, 15) is 4.79 Å². The van der Waals surface area contributed by atoms with Crippen molar-refractivity contribution >= 4 is 11.6 Å². The Balaban J connectivity index is 1.36. The normalized spacial score (nSPS) is 21.0. The molecule has 5 nitrogen and oxygen atoms in total. The minimum atomic E-state index is -0.0310. The van der Waals surface area contributed by atoms with Crippen LogP contribution in [-0.4, -0.2) is 30.6 Å². The Kier molecular flexibility index (Phi) is 6.24. The van der Waals surface area contributed by atoms with E-state index < -0.39 is 0 Å². The van der Waals surface area contributed by atoms with Gasteiger partial charge in [-0.2, -0.15) is 0 Å². The SMILES string of the molecule is COCc1ccc(-c2ccc(N(CC(N)C3(C)CC3)C(=O)[C@@H]3CC3c3ccccn3)cc2)cc1. The maximum absolute atomic E-state index is 13.7. The molecule has 2 N–H and O–H groups in total. The van der Waals surface area contributed by atoms with Gasteiger partial charge in [-0.1, -0.05) is 49.4 Å². The van der Waals surface area contributed by atoms with Gasteiger partial charge < -0.3 is 15.4 Å². The number of carbonyl (C=O) groups is 1. The van der Waals surface area contributed by atoms with Gasteiger partial charge >= 0.3 is 0 Å². The van der Waals surface area contributed by atoms with E-state index in [-0.39, 0.29) is 29.2 Å². The molecule has 2 aliphatic rings. The zero-order chi connectivity index (χ0) is 23.7. The van der Waals surface area contributed by atoms with E-state index in [0.717, 1.165) is 47.3 Å². The van der Waals surface area contributed by atoms with Crippen LogP contribution in [0.25, 0.3) is 11.1 Å². The molecule has 0 spiro atoms. The van der Waals surface area contributed by atoms with Gasteiger partial charge in [0.05, 0.1) is 6.61 Å². The van der Waals surface area contributed by atoms with Gasteiger partial charge in [-0.05, 0) is 65.6 Å². The molecule has 2 unspecified atom stereocenters. The maximum Gasteiger partial charge on any atom is 0.230 e. The zero-order valence-electron chi connectivity index (χ0n) is 20.0. The topological polar surface area (TPSA) is 68.5 Å². The molecule has 176 valence electrons. The predicted octanol–water partition coefficient (Wildman–Crippen LogP) is 5.16. The molecule has 0 bridgehead atoms. The molecule has 1 aromatic heterocycles. The molecule has 5 heteroatoms. The number of nitrogens with two attached hydrogens (primary N) is 1. The molecule has 5 rings (SSSR count). The Bertz CT molecular complexity index is 1120. The Hall–Kier alpha value is -3.02. The van der Waals surface area contributed by atoms with Crippen LogP contribution in [0.2, 0.25) is 0 Å². The first-order valence-corrected chi connectivity index (χ1v) is 12.1. The highest BCUT2D eigenvalue weighted by atomic mass is 16.5. The smallest absolute Gasteiger partial charge is 0.230 e. The van der Waals surface area contributed by atoms with Gasteiger partial charge in [0.1, 0.15) is 0 Å². The molecule has 2 aliphatic carbocycles. The molecular formula is C29H33N3O2. The van der Waals surface area contributed by atoms with Crippen molar-refractivity contribution < 1.29 is 9.53 Å². The molecule has 2 saturated carbocycles. The molecule has 2 aromatic carbocycles. The van der Waals surface area contributed by atoms with Crippen molar-refractivity contribution in [1.82, 2.24) is 4.98 Å². The molecular weight excluding hydrogens is 422 g/mol. The summed E-state index contributed by atoms with van der Waals surface area (Å²) in [7, 11) is 1.70. The van der Waals surface area contributed by atoms with Crippen molar-refractivity contribution in [3.05, 3.63) is 84.2 Å². The van der Waals surface area contributed by atoms with Crippen LogP contribution >= 0.6 is 0 Å². The lowest BCUT2D eigenvalue weighted by atomic mass is 9.98. The maximum atomic E-state index is 13.7. The van der Waals surface area contributed by atoms with Crippen LogP contribution in [0.15, 0.2) is 72.9 Å². The van der Waals surface area contributed by atoms with E-state index in [0.29, 0.717) is 13.2 Å². The number of amides is 1. The van der Waals surface area contributed by atoms with E-state index in [1.807, 2.05) is 23.1 Å². The lowest BCUT2D eigenvalue weighted by Crippen LogP contribution is -2.46. The average molecular weight is 456 g/mol. The van der Waals surface area contributed by atoms with Crippen molar-refractivity contribution in [3.8, 4) is 11.1 Å². The number of hydrogen-bond donors (Lipinski definition) is 1. The third-order valence-corrected chi connectivity index (χ3v) is 7.53. The van der Waals surface area contributed by atoms with Gasteiger partial charge in [0, 0.05) is 49.1 Å². The summed E-state index contributed by atoms with van der Waals surface area (Å²) in [5.41, 5.74) is 12.1. The number of carbonyl (C=O) groups excluding carboxylic acids is 1. The van der Waals surface area contributed by atoms with Crippen LogP contribution < -0.4 is 10.6 Å². The Morgan fingerprint density at radius 1 is 1.09 bits per heavy atom. The van der Waals surface area contributed by atoms with Gasteiger partial charge in [-0.25, -0.2) is 0 Å². The highest BCUT2D eigenvalue weighted by molar-refractivity contribution is 5.97. The minimum Gasteiger partial charge on any atom is -0.380 e. The van der Waals surface area contributed by atoms with Crippen LogP contribution in [0.3, 0.4) is 0 Å². The largest absolute Gasteiger partial charge is 0.380 e. The standard InChI is InChI=1S/C29H33N3O2/c1-29(14-15-29)27(30)18-32(28(33)25-17-24(25)26-5-3-4-16-31-26)23-12-10-22(11-13-23)21-8-6-20(7-9-21)19-34-2/h3-13,16,24-25,27H,14-15,17-19,30H2,1-2H3/t24?,25-,27?/m1/s1. The summed E-state index contributed by atoms with van der Waals surface area (Å²) in [4.78, 5) is 20.1. The molecule has 3 aromatic rings. The van der Waals surface area contributed by atoms with Crippen molar-refractivity contribution in [2.75, 3.05) is 18.6 Å². The van der Waals surface area contributed by atoms with Gasteiger partial charge in [0.25, 0.3) is 0 Å². The summed E-state index contributed by atoms with van der Waals surface area (Å²) in [6, 6.07) is 22.6. The number of ether oxygens (including phenoxy) is 1. The summed E-state index contributed by atoms with van der Waals surface area (Å²) in [5, 5.41) is 0. The fourth-order valence-electron chi connectivity index (χ4n) is 4.69. The first-order chi connectivity index (χ1) is 16.5. The fraction of sp³-hybridized carbons (Fsp3) is 0.379. The number of pyridine rings is 1. The number of anilines is 1. The Morgan fingerprint density at radius 3 is 2.35 bits per heavy atom. The molecule has 1 heterocycles. The summed E-state index contributed by atoms with van der Waals surface area (Å²) in [5.74, 6) is 0.336. The molecule has 3 atom stereocenters. The number of aromatic nitrogens is 1. The lowest BCUT2D eigenvalue weighted by molar-refractivity contribution is -0.120. The van der Waals surface area contributed by atoms with Crippen molar-refractivity contribution in [2.45, 2.75) is 44.8 Å². The second-order valence-electron chi connectivity index (χ2n) is 10.1. The number of nitrogens with zero attached hydrogens (tertiary/aromatic N) is 2. The van der Waals surface area contributed by atoms with E-state index in [4.69, 9.17) is 10.5 Å². The number of rotatable bonds is 9. The number of benzene rings is 2. The molecule has 34 heavy (non-hydrogen) atoms. The summed E-state index contributed by atoms with van der Waals surface area (Å²) in [6.07, 6.45) is 4.92. The quantitative estimate of drug-likeness (QED) is 0.484. The zero-order valence-corrected chi connectivity index (χ0v) is 20.0. The first kappa shape index (κ1) is 22.8. The average Bonchev–Trinajstić information content (AvgIpc) is 3.80. The van der Waals surface area contributed by atoms with Crippen LogP contribution in [-0.2, 0) is 16.1 Å². The van der Waals surface area contributed by atoms with Gasteiger partial charge in [-0.3, -0.25) is 9.78 Å². The highest BCUT2D eigenvalue weighted by Crippen LogP contribution is 2.50. The molecule has 1 amide bonds. The lowest BCUT2D eigenvalue weighted by Gasteiger charge is -2.29. The monoisotopic (exact) mass is 455 g/mol. The number of hydrogen-bond acceptors (Lipinski definition) is 4. The molecule has 0 aliphatic heterocycles. The van der Waals surface area contributed by atoms with E-state index in [2.05, 4.69) is 60.4 Å². The predicted molar refractivity (Wildman–Crippen MR) is 135 cm³/mol. The molecule has 0 saturated heterocycles. The fourth-order valence-corrected chi connectivity index (χ4v) is 4.69. The third-order valence-electron chi connectivity index (χ3n) is 7.53. The van der Waals surface area contributed by atoms with E-state index >= 15 is 0 Å². The van der Waals surface area contributed by atoms with Crippen molar-refractivity contribution in [2.24, 2.45) is 17.1 Å². The summed E-state index contributed by atoms with van der Waals surface area (Å²) >= 11 is 0. The van der Waals surface area contributed by atoms with Crippen molar-refractivity contribution in [1.29, 1.82) is 0 Å². The van der Waals surface area contributed by atoms with Gasteiger partial charge in [0.15, 0.2) is 0 Å². The van der Waals surface area contributed by atoms with Crippen LogP contribution in [0, 0.1) is 11.3 Å². The minimum absolute atomic E-state index is 0.0258. The third kappa shape index (κ3) is 4.77. The van der Waals surface area contributed by atoms with E-state index in [1.165, 1.54) is 0 Å². The Labute approximate surface area is 202 Å². The van der Waals surface area contributed by atoms with E-state index in [1.54, 1.807) is 13.3 Å². The van der Waals surface area contributed by atoms with Crippen LogP contribution in [0.4, 0.5) is 5.69 Å².